The van der Waals surface area contributed by atoms with Gasteiger partial charge in [-0.25, -0.2) is 8.42 Å². The third-order valence-corrected chi connectivity index (χ3v) is 6.01. The van der Waals surface area contributed by atoms with Crippen LogP contribution in [0.4, 0.5) is 0 Å². The topological polar surface area (TPSA) is 46.6 Å². The molecule has 0 aromatic heterocycles. The largest absolute Gasteiger partial charge is 0.377 e. The Balaban J connectivity index is 2.16. The normalized spacial score (nSPS) is 19.9. The van der Waals surface area contributed by atoms with E-state index in [4.69, 9.17) is 16.3 Å². The maximum Gasteiger partial charge on any atom is 0.242 e. The number of nitrogens with zero attached hydrogens (tertiary/aromatic N) is 1. The van der Waals surface area contributed by atoms with E-state index in [2.05, 4.69) is 0 Å². The molecule has 2 rings (SSSR count). The monoisotopic (exact) mass is 331 g/mol. The van der Waals surface area contributed by atoms with Crippen molar-refractivity contribution in [1.82, 2.24) is 4.31 Å². The third kappa shape index (κ3) is 3.97. The van der Waals surface area contributed by atoms with Gasteiger partial charge in [-0.05, 0) is 49.4 Å². The molecule has 118 valence electrons. The van der Waals surface area contributed by atoms with E-state index in [9.17, 15) is 8.42 Å². The average Bonchev–Trinajstić information content (AvgIpc) is 2.48. The zero-order valence-electron chi connectivity index (χ0n) is 12.5. The van der Waals surface area contributed by atoms with Crippen LogP contribution in [0.2, 0.25) is 0 Å². The molecule has 0 bridgehead atoms. The van der Waals surface area contributed by atoms with Crippen molar-refractivity contribution in [2.45, 2.75) is 43.1 Å². The lowest BCUT2D eigenvalue weighted by Crippen LogP contribution is -2.37. The average molecular weight is 332 g/mol. The number of aryl methyl sites for hydroxylation is 1. The summed E-state index contributed by atoms with van der Waals surface area (Å²) in [6, 6.07) is 5.10. The van der Waals surface area contributed by atoms with E-state index in [-0.39, 0.29) is 6.10 Å². The molecule has 1 heterocycles. The number of rotatable bonds is 5. The van der Waals surface area contributed by atoms with Crippen molar-refractivity contribution in [2.24, 2.45) is 0 Å². The minimum atomic E-state index is -3.49. The van der Waals surface area contributed by atoms with Crippen LogP contribution in [0.25, 0.3) is 0 Å². The highest BCUT2D eigenvalue weighted by molar-refractivity contribution is 7.89. The quantitative estimate of drug-likeness (QED) is 0.779. The van der Waals surface area contributed by atoms with Crippen LogP contribution >= 0.6 is 11.6 Å². The van der Waals surface area contributed by atoms with Crippen molar-refractivity contribution in [3.8, 4) is 0 Å². The molecule has 1 fully saturated rings. The molecule has 0 aliphatic carbocycles. The summed E-state index contributed by atoms with van der Waals surface area (Å²) in [5.74, 6) is 0.310. The number of halogens is 1. The number of sulfonamides is 1. The Bertz CT molecular complexity index is 583. The van der Waals surface area contributed by atoms with Gasteiger partial charge in [-0.15, -0.1) is 11.6 Å². The van der Waals surface area contributed by atoms with Gasteiger partial charge in [0.25, 0.3) is 0 Å². The molecule has 4 nitrogen and oxygen atoms in total. The second-order valence-electron chi connectivity index (χ2n) is 5.50. The van der Waals surface area contributed by atoms with Gasteiger partial charge in [0.05, 0.1) is 11.0 Å². The molecule has 6 heteroatoms. The molecule has 1 saturated heterocycles. The van der Waals surface area contributed by atoms with Gasteiger partial charge in [0, 0.05) is 26.1 Å². The Hall–Kier alpha value is -0.620. The zero-order valence-corrected chi connectivity index (χ0v) is 14.1. The first-order chi connectivity index (χ1) is 9.95. The Labute approximate surface area is 132 Å². The number of ether oxygens (including phenoxy) is 1. The molecule has 1 aliphatic rings. The second-order valence-corrected chi connectivity index (χ2v) is 7.81. The number of likely N-dealkylation sites (N-methyl/N-ethyl adjacent to an activating group) is 1. The van der Waals surface area contributed by atoms with E-state index < -0.39 is 10.0 Å². The van der Waals surface area contributed by atoms with E-state index in [1.807, 2.05) is 6.92 Å². The molecule has 1 atom stereocenters. The second kappa shape index (κ2) is 7.09. The van der Waals surface area contributed by atoms with E-state index in [0.717, 1.165) is 37.0 Å². The SMILES string of the molecule is Cc1ccc(S(=O)(=O)N(C)CC2CCCCO2)cc1CCl. The summed E-state index contributed by atoms with van der Waals surface area (Å²) in [6.07, 6.45) is 3.07. The van der Waals surface area contributed by atoms with Crippen LogP contribution in [-0.2, 0) is 20.6 Å². The van der Waals surface area contributed by atoms with Crippen molar-refractivity contribution in [3.63, 3.8) is 0 Å². The third-order valence-electron chi connectivity index (χ3n) is 3.91. The van der Waals surface area contributed by atoms with Gasteiger partial charge in [-0.3, -0.25) is 0 Å². The molecule has 21 heavy (non-hydrogen) atoms. The lowest BCUT2D eigenvalue weighted by atomic mass is 10.1. The molecule has 1 aliphatic heterocycles. The standard InChI is InChI=1S/C15H22ClNO3S/c1-12-6-7-15(9-13(12)10-16)21(18,19)17(2)11-14-5-3-4-8-20-14/h6-7,9,14H,3-5,8,10-11H2,1-2H3. The molecule has 1 unspecified atom stereocenters. The molecule has 1 aromatic carbocycles. The first-order valence-electron chi connectivity index (χ1n) is 7.18. The smallest absolute Gasteiger partial charge is 0.242 e. The molecule has 0 N–H and O–H groups in total. The fourth-order valence-corrected chi connectivity index (χ4v) is 4.01. The van der Waals surface area contributed by atoms with Gasteiger partial charge >= 0.3 is 0 Å². The first-order valence-corrected chi connectivity index (χ1v) is 9.16. The van der Waals surface area contributed by atoms with E-state index in [1.165, 1.54) is 4.31 Å². The summed E-state index contributed by atoms with van der Waals surface area (Å²) in [6.45, 7) is 3.04. The minimum Gasteiger partial charge on any atom is -0.377 e. The molecular weight excluding hydrogens is 310 g/mol. The van der Waals surface area contributed by atoms with Gasteiger partial charge in [0.1, 0.15) is 0 Å². The fourth-order valence-electron chi connectivity index (χ4n) is 2.47. The summed E-state index contributed by atoms with van der Waals surface area (Å²) in [5, 5.41) is 0. The molecule has 0 amide bonds. The fraction of sp³-hybridized carbons (Fsp3) is 0.600. The Morgan fingerprint density at radius 1 is 1.38 bits per heavy atom. The highest BCUT2D eigenvalue weighted by Crippen LogP contribution is 2.22. The molecular formula is C15H22ClNO3S. The summed E-state index contributed by atoms with van der Waals surface area (Å²) in [7, 11) is -1.89. The number of hydrogen-bond donors (Lipinski definition) is 0. The molecule has 0 spiro atoms. The molecule has 0 radical (unpaired) electrons. The van der Waals surface area contributed by atoms with Crippen LogP contribution in [0.1, 0.15) is 30.4 Å². The molecule has 0 saturated carbocycles. The zero-order chi connectivity index (χ0) is 15.5. The Morgan fingerprint density at radius 3 is 2.76 bits per heavy atom. The van der Waals surface area contributed by atoms with Crippen LogP contribution in [0, 0.1) is 6.92 Å². The van der Waals surface area contributed by atoms with Crippen molar-refractivity contribution < 1.29 is 13.2 Å². The van der Waals surface area contributed by atoms with Gasteiger partial charge in [0.15, 0.2) is 0 Å². The van der Waals surface area contributed by atoms with Crippen LogP contribution in [0.5, 0.6) is 0 Å². The maximum atomic E-state index is 12.6. The highest BCUT2D eigenvalue weighted by atomic mass is 35.5. The van der Waals surface area contributed by atoms with Crippen molar-refractivity contribution >= 4 is 21.6 Å². The first kappa shape index (κ1) is 16.7. The van der Waals surface area contributed by atoms with Crippen molar-refractivity contribution in [3.05, 3.63) is 29.3 Å². The summed E-state index contributed by atoms with van der Waals surface area (Å²) < 4.78 is 32.2. The van der Waals surface area contributed by atoms with Gasteiger partial charge in [-0.1, -0.05) is 6.07 Å². The van der Waals surface area contributed by atoms with Gasteiger partial charge < -0.3 is 4.74 Å². The van der Waals surface area contributed by atoms with Crippen LogP contribution in [-0.4, -0.2) is 39.0 Å². The number of alkyl halides is 1. The van der Waals surface area contributed by atoms with E-state index in [1.54, 1.807) is 25.2 Å². The maximum absolute atomic E-state index is 12.6. The van der Waals surface area contributed by atoms with E-state index in [0.29, 0.717) is 17.3 Å². The Kier molecular flexibility index (Phi) is 5.66. The van der Waals surface area contributed by atoms with Gasteiger partial charge in [0.2, 0.25) is 10.0 Å². The summed E-state index contributed by atoms with van der Waals surface area (Å²) in [5.41, 5.74) is 1.85. The van der Waals surface area contributed by atoms with Crippen molar-refractivity contribution in [2.75, 3.05) is 20.2 Å². The highest BCUT2D eigenvalue weighted by Gasteiger charge is 2.25. The van der Waals surface area contributed by atoms with Crippen LogP contribution in [0.15, 0.2) is 23.1 Å². The summed E-state index contributed by atoms with van der Waals surface area (Å²) in [4.78, 5) is 0.294. The minimum absolute atomic E-state index is 0.00327. The van der Waals surface area contributed by atoms with Crippen LogP contribution < -0.4 is 0 Å². The van der Waals surface area contributed by atoms with Crippen molar-refractivity contribution in [1.29, 1.82) is 0 Å². The molecule has 1 aromatic rings. The van der Waals surface area contributed by atoms with E-state index >= 15 is 0 Å². The van der Waals surface area contributed by atoms with Gasteiger partial charge in [-0.2, -0.15) is 4.31 Å². The number of hydrogen-bond acceptors (Lipinski definition) is 3. The Morgan fingerprint density at radius 2 is 2.14 bits per heavy atom. The summed E-state index contributed by atoms with van der Waals surface area (Å²) >= 11 is 5.86. The predicted octanol–water partition coefficient (Wildman–Crippen LogP) is 2.92. The lowest BCUT2D eigenvalue weighted by molar-refractivity contribution is 0.00858. The van der Waals surface area contributed by atoms with Crippen LogP contribution in [0.3, 0.4) is 0 Å². The lowest BCUT2D eigenvalue weighted by Gasteiger charge is -2.27. The number of benzene rings is 1. The predicted molar refractivity (Wildman–Crippen MR) is 84.1 cm³/mol.